The first-order chi connectivity index (χ1) is 18.5. The number of anilines is 2. The number of nitrogens with two attached hydrogens (primary N) is 1. The predicted molar refractivity (Wildman–Crippen MR) is 156 cm³/mol. The maximum absolute atomic E-state index is 13.2. The number of rotatable bonds is 10. The summed E-state index contributed by atoms with van der Waals surface area (Å²) in [6.45, 7) is 0.494. The van der Waals surface area contributed by atoms with E-state index in [0.717, 1.165) is 28.0 Å². The first kappa shape index (κ1) is 28.0. The van der Waals surface area contributed by atoms with Crippen LogP contribution in [-0.2, 0) is 19.1 Å². The highest BCUT2D eigenvalue weighted by Crippen LogP contribution is 2.28. The van der Waals surface area contributed by atoms with Gasteiger partial charge >= 0.3 is 0 Å². The number of fused-ring (bicyclic) bond motifs is 2. The third-order valence-electron chi connectivity index (χ3n) is 6.68. The van der Waals surface area contributed by atoms with Crippen LogP contribution in [0.15, 0.2) is 84.9 Å². The molecule has 0 bridgehead atoms. The number of halogens is 1. The van der Waals surface area contributed by atoms with Gasteiger partial charge in [-0.15, -0.1) is 12.4 Å². The van der Waals surface area contributed by atoms with Crippen molar-refractivity contribution in [1.29, 1.82) is 0 Å². The van der Waals surface area contributed by atoms with Crippen LogP contribution in [0, 0.1) is 0 Å². The number of carbonyl (C=O) groups is 3. The topological polar surface area (TPSA) is 126 Å². The van der Waals surface area contributed by atoms with Crippen molar-refractivity contribution in [3.8, 4) is 0 Å². The highest BCUT2D eigenvalue weighted by atomic mass is 35.5. The first-order valence-corrected chi connectivity index (χ1v) is 12.8. The third-order valence-corrected chi connectivity index (χ3v) is 6.68. The van der Waals surface area contributed by atoms with E-state index in [1.807, 2.05) is 84.9 Å². The Labute approximate surface area is 232 Å². The summed E-state index contributed by atoms with van der Waals surface area (Å²) in [6, 6.07) is 26.0. The Morgan fingerprint density at radius 1 is 0.718 bits per heavy atom. The molecule has 9 heteroatoms. The van der Waals surface area contributed by atoms with E-state index in [9.17, 15) is 14.4 Å². The van der Waals surface area contributed by atoms with Crippen molar-refractivity contribution in [2.45, 2.75) is 37.5 Å². The summed E-state index contributed by atoms with van der Waals surface area (Å²) >= 11 is 0. The SMILES string of the molecule is Cl.NCCCC[C@H](NC(=O)C1OC1C(=O)Nc1cccc2ccccc12)C(=O)Nc1cccc2ccccc12. The van der Waals surface area contributed by atoms with Crippen molar-refractivity contribution >= 4 is 63.0 Å². The summed E-state index contributed by atoms with van der Waals surface area (Å²) in [6.07, 6.45) is -0.0589. The molecule has 1 fully saturated rings. The minimum absolute atomic E-state index is 0. The molecule has 0 aliphatic carbocycles. The second kappa shape index (κ2) is 12.7. The molecule has 2 unspecified atom stereocenters. The van der Waals surface area contributed by atoms with E-state index in [1.54, 1.807) is 0 Å². The van der Waals surface area contributed by atoms with Gasteiger partial charge in [-0.1, -0.05) is 72.8 Å². The number of benzene rings is 4. The number of epoxide rings is 1. The Balaban J connectivity index is 0.00000353. The summed E-state index contributed by atoms with van der Waals surface area (Å²) in [5.41, 5.74) is 6.95. The Bertz CT molecular complexity index is 1480. The molecule has 39 heavy (non-hydrogen) atoms. The van der Waals surface area contributed by atoms with Gasteiger partial charge in [0.15, 0.2) is 12.2 Å². The molecule has 1 heterocycles. The largest absolute Gasteiger partial charge is 0.349 e. The van der Waals surface area contributed by atoms with E-state index in [4.69, 9.17) is 10.5 Å². The van der Waals surface area contributed by atoms with Crippen molar-refractivity contribution in [1.82, 2.24) is 5.32 Å². The minimum atomic E-state index is -0.952. The molecule has 1 saturated heterocycles. The molecular weight excluding hydrogens is 516 g/mol. The monoisotopic (exact) mass is 546 g/mol. The lowest BCUT2D eigenvalue weighted by molar-refractivity contribution is -0.127. The van der Waals surface area contributed by atoms with Gasteiger partial charge in [-0.2, -0.15) is 0 Å². The van der Waals surface area contributed by atoms with Gasteiger partial charge in [-0.25, -0.2) is 0 Å². The molecule has 3 atom stereocenters. The molecular formula is C30H31ClN4O4. The molecule has 1 aliphatic rings. The van der Waals surface area contributed by atoms with E-state index in [2.05, 4.69) is 16.0 Å². The number of unbranched alkanes of at least 4 members (excludes halogenated alkanes) is 1. The second-order valence-corrected chi connectivity index (χ2v) is 9.35. The Morgan fingerprint density at radius 3 is 1.87 bits per heavy atom. The lowest BCUT2D eigenvalue weighted by Gasteiger charge is -2.19. The second-order valence-electron chi connectivity index (χ2n) is 9.35. The highest BCUT2D eigenvalue weighted by molar-refractivity contribution is 6.08. The summed E-state index contributed by atoms with van der Waals surface area (Å²) in [7, 11) is 0. The van der Waals surface area contributed by atoms with Crippen LogP contribution in [-0.4, -0.2) is 42.5 Å². The van der Waals surface area contributed by atoms with Crippen LogP contribution in [0.5, 0.6) is 0 Å². The van der Waals surface area contributed by atoms with Gasteiger partial charge in [0.25, 0.3) is 11.8 Å². The number of nitrogens with one attached hydrogen (secondary N) is 3. The number of carbonyl (C=O) groups excluding carboxylic acids is 3. The molecule has 5 N–H and O–H groups in total. The maximum Gasteiger partial charge on any atom is 0.256 e. The maximum atomic E-state index is 13.2. The first-order valence-electron chi connectivity index (χ1n) is 12.8. The zero-order valence-electron chi connectivity index (χ0n) is 21.3. The van der Waals surface area contributed by atoms with Crippen molar-refractivity contribution in [2.24, 2.45) is 5.73 Å². The predicted octanol–water partition coefficient (Wildman–Crippen LogP) is 4.37. The molecule has 202 valence electrons. The molecule has 1 aliphatic heterocycles. The van der Waals surface area contributed by atoms with Gasteiger partial charge in [0, 0.05) is 22.1 Å². The fraction of sp³-hybridized carbons (Fsp3) is 0.233. The fourth-order valence-electron chi connectivity index (χ4n) is 4.62. The number of hydrogen-bond donors (Lipinski definition) is 4. The van der Waals surface area contributed by atoms with E-state index < -0.39 is 30.1 Å². The fourth-order valence-corrected chi connectivity index (χ4v) is 4.62. The van der Waals surface area contributed by atoms with Gasteiger partial charge in [0.2, 0.25) is 5.91 Å². The van der Waals surface area contributed by atoms with Gasteiger partial charge in [-0.05, 0) is 48.7 Å². The highest BCUT2D eigenvalue weighted by Gasteiger charge is 2.51. The summed E-state index contributed by atoms with van der Waals surface area (Å²) in [5, 5.41) is 12.4. The van der Waals surface area contributed by atoms with E-state index in [-0.39, 0.29) is 18.3 Å². The zero-order valence-corrected chi connectivity index (χ0v) is 22.1. The molecule has 0 aromatic heterocycles. The number of amides is 3. The molecule has 0 radical (unpaired) electrons. The van der Waals surface area contributed by atoms with Crippen LogP contribution in [0.4, 0.5) is 11.4 Å². The lowest BCUT2D eigenvalue weighted by Crippen LogP contribution is -2.46. The van der Waals surface area contributed by atoms with Gasteiger partial charge in [0.1, 0.15) is 6.04 Å². The molecule has 4 aromatic carbocycles. The summed E-state index contributed by atoms with van der Waals surface area (Å²) in [5.74, 6) is -1.22. The quantitative estimate of drug-likeness (QED) is 0.173. The van der Waals surface area contributed by atoms with Crippen molar-refractivity contribution < 1.29 is 19.1 Å². The molecule has 8 nitrogen and oxygen atoms in total. The average Bonchev–Trinajstić information content (AvgIpc) is 3.75. The number of hydrogen-bond acceptors (Lipinski definition) is 5. The molecule has 5 rings (SSSR count). The van der Waals surface area contributed by atoms with Crippen LogP contribution in [0.1, 0.15) is 19.3 Å². The van der Waals surface area contributed by atoms with Crippen LogP contribution in [0.25, 0.3) is 21.5 Å². The summed E-state index contributed by atoms with van der Waals surface area (Å²) < 4.78 is 5.43. The Morgan fingerprint density at radius 2 is 1.26 bits per heavy atom. The van der Waals surface area contributed by atoms with Gasteiger partial charge in [0.05, 0.1) is 0 Å². The van der Waals surface area contributed by atoms with E-state index >= 15 is 0 Å². The Hall–Kier alpha value is -3.98. The van der Waals surface area contributed by atoms with Crippen molar-refractivity contribution in [3.63, 3.8) is 0 Å². The van der Waals surface area contributed by atoms with Crippen molar-refractivity contribution in [2.75, 3.05) is 17.2 Å². The van der Waals surface area contributed by atoms with Crippen LogP contribution < -0.4 is 21.7 Å². The van der Waals surface area contributed by atoms with Crippen molar-refractivity contribution in [3.05, 3.63) is 84.9 Å². The van der Waals surface area contributed by atoms with E-state index in [0.29, 0.717) is 30.8 Å². The molecule has 0 spiro atoms. The third kappa shape index (κ3) is 6.54. The smallest absolute Gasteiger partial charge is 0.256 e. The van der Waals surface area contributed by atoms with Crippen LogP contribution in [0.3, 0.4) is 0 Å². The lowest BCUT2D eigenvalue weighted by atomic mass is 10.1. The standard InChI is InChI=1S/C30H30N4O4.ClH/c31-18-6-5-15-25(28(35)32-23-16-7-11-19-9-1-3-13-21(19)23)34-30(37)27-26(38-27)29(36)33-24-17-8-12-20-10-2-4-14-22(20)24;/h1-4,7-14,16-17,25-27H,5-6,15,18,31H2,(H,32,35)(H,33,36)(H,34,37);1H/t25-,26?,27?;/m0./s1. The molecule has 4 aromatic rings. The normalized spacial score (nSPS) is 16.6. The summed E-state index contributed by atoms with van der Waals surface area (Å²) in [4.78, 5) is 39.0. The molecule has 0 saturated carbocycles. The minimum Gasteiger partial charge on any atom is -0.349 e. The molecule has 3 amide bonds. The van der Waals surface area contributed by atoms with Gasteiger partial charge in [-0.3, -0.25) is 14.4 Å². The Kier molecular flexibility index (Phi) is 9.14. The van der Waals surface area contributed by atoms with Crippen LogP contribution >= 0.6 is 12.4 Å². The zero-order chi connectivity index (χ0) is 26.5. The average molecular weight is 547 g/mol. The van der Waals surface area contributed by atoms with Crippen LogP contribution in [0.2, 0.25) is 0 Å². The number of ether oxygens (including phenoxy) is 1. The van der Waals surface area contributed by atoms with E-state index in [1.165, 1.54) is 0 Å². The van der Waals surface area contributed by atoms with Gasteiger partial charge < -0.3 is 26.4 Å².